The monoisotopic (exact) mass is 625 g/mol. The van der Waals surface area contributed by atoms with E-state index in [0.29, 0.717) is 17.7 Å². The minimum absolute atomic E-state index is 0.00166. The van der Waals surface area contributed by atoms with Crippen LogP contribution < -0.4 is 19.1 Å². The Balaban J connectivity index is 1.75. The summed E-state index contributed by atoms with van der Waals surface area (Å²) < 4.78 is 53.7. The molecule has 0 heterocycles. The fourth-order valence-corrected chi connectivity index (χ4v) is 6.83. The molecule has 4 rings (SSSR count). The molecule has 236 valence electrons. The highest BCUT2D eigenvalue weighted by atomic mass is 32.2. The molecule has 1 atom stereocenters. The van der Waals surface area contributed by atoms with Gasteiger partial charge in [-0.05, 0) is 68.1 Å². The number of nitrogens with zero attached hydrogens (tertiary/aromatic N) is 2. The lowest BCUT2D eigenvalue weighted by molar-refractivity contribution is -0.140. The van der Waals surface area contributed by atoms with Gasteiger partial charge < -0.3 is 19.7 Å². The molecule has 0 radical (unpaired) electrons. The van der Waals surface area contributed by atoms with E-state index >= 15 is 0 Å². The molecule has 0 aliphatic heterocycles. The largest absolute Gasteiger partial charge is 0.493 e. The van der Waals surface area contributed by atoms with Crippen molar-refractivity contribution in [2.45, 2.75) is 69.5 Å². The van der Waals surface area contributed by atoms with E-state index in [4.69, 9.17) is 9.47 Å². The van der Waals surface area contributed by atoms with Gasteiger partial charge in [-0.3, -0.25) is 13.9 Å². The molecule has 11 heteroatoms. The molecule has 1 fully saturated rings. The zero-order chi connectivity index (χ0) is 31.9. The molecule has 1 unspecified atom stereocenters. The van der Waals surface area contributed by atoms with Gasteiger partial charge in [0.2, 0.25) is 11.8 Å². The molecule has 44 heavy (non-hydrogen) atoms. The highest BCUT2D eigenvalue weighted by Gasteiger charge is 2.35. The van der Waals surface area contributed by atoms with Crippen molar-refractivity contribution in [1.82, 2.24) is 10.2 Å². The summed E-state index contributed by atoms with van der Waals surface area (Å²) in [7, 11) is -1.35. The summed E-state index contributed by atoms with van der Waals surface area (Å²) >= 11 is 0. The maximum Gasteiger partial charge on any atom is 0.264 e. The summed E-state index contributed by atoms with van der Waals surface area (Å²) in [4.78, 5) is 29.2. The Labute approximate surface area is 259 Å². The van der Waals surface area contributed by atoms with Crippen LogP contribution in [0.5, 0.6) is 11.5 Å². The summed E-state index contributed by atoms with van der Waals surface area (Å²) in [6, 6.07) is 15.8. The van der Waals surface area contributed by atoms with E-state index in [-0.39, 0.29) is 34.8 Å². The maximum absolute atomic E-state index is 14.3. The number of ether oxygens (including phenoxy) is 2. The van der Waals surface area contributed by atoms with Gasteiger partial charge in [-0.1, -0.05) is 49.6 Å². The lowest BCUT2D eigenvalue weighted by Gasteiger charge is -2.34. The average molecular weight is 626 g/mol. The van der Waals surface area contributed by atoms with E-state index in [1.54, 1.807) is 37.3 Å². The number of anilines is 1. The first-order valence-corrected chi connectivity index (χ1v) is 16.2. The molecule has 0 bridgehead atoms. The zero-order valence-electron chi connectivity index (χ0n) is 25.6. The molecule has 0 spiro atoms. The molecular weight excluding hydrogens is 585 g/mol. The van der Waals surface area contributed by atoms with Crippen LogP contribution in [-0.2, 0) is 26.2 Å². The molecule has 0 aromatic heterocycles. The summed E-state index contributed by atoms with van der Waals surface area (Å²) in [5, 5.41) is 3.08. The predicted octanol–water partition coefficient (Wildman–Crippen LogP) is 5.21. The van der Waals surface area contributed by atoms with Gasteiger partial charge in [0.05, 0.1) is 24.8 Å². The van der Waals surface area contributed by atoms with Gasteiger partial charge in [0, 0.05) is 18.7 Å². The van der Waals surface area contributed by atoms with Gasteiger partial charge in [0.15, 0.2) is 11.5 Å². The highest BCUT2D eigenvalue weighted by Crippen LogP contribution is 2.34. The average Bonchev–Trinajstić information content (AvgIpc) is 3.53. The number of nitrogens with one attached hydrogen (secondary N) is 1. The highest BCUT2D eigenvalue weighted by molar-refractivity contribution is 7.92. The standard InChI is InChI=1S/C33H40FN3O6S/c1-5-29(33(39)35-26-8-6-7-9-26)36(21-24-12-14-25(34)15-13-24)32(38)22-37(27-16-19-30(42-3)31(20-27)43-4)44(40,41)28-17-10-23(2)11-18-28/h10-20,26,29H,5-9,21-22H2,1-4H3,(H,35,39). The smallest absolute Gasteiger partial charge is 0.264 e. The van der Waals surface area contributed by atoms with Gasteiger partial charge >= 0.3 is 0 Å². The zero-order valence-corrected chi connectivity index (χ0v) is 26.4. The Morgan fingerprint density at radius 1 is 0.955 bits per heavy atom. The van der Waals surface area contributed by atoms with Gasteiger partial charge in [-0.25, -0.2) is 12.8 Å². The minimum atomic E-state index is -4.25. The molecule has 0 saturated heterocycles. The van der Waals surface area contributed by atoms with Crippen molar-refractivity contribution < 1.29 is 31.9 Å². The summed E-state index contributed by atoms with van der Waals surface area (Å²) in [5.74, 6) is -0.640. The molecule has 1 aliphatic carbocycles. The van der Waals surface area contributed by atoms with Crippen LogP contribution in [-0.4, -0.2) is 58.0 Å². The van der Waals surface area contributed by atoms with Crippen LogP contribution >= 0.6 is 0 Å². The summed E-state index contributed by atoms with van der Waals surface area (Å²) in [6.07, 6.45) is 4.09. The number of hydrogen-bond acceptors (Lipinski definition) is 6. The molecule has 1 N–H and O–H groups in total. The van der Waals surface area contributed by atoms with Crippen molar-refractivity contribution in [3.05, 3.63) is 83.7 Å². The first-order chi connectivity index (χ1) is 21.1. The van der Waals surface area contributed by atoms with E-state index < -0.39 is 34.3 Å². The number of sulfonamides is 1. The van der Waals surface area contributed by atoms with Crippen LogP contribution in [0.15, 0.2) is 71.6 Å². The quantitative estimate of drug-likeness (QED) is 0.280. The Hall–Kier alpha value is -4.12. The minimum Gasteiger partial charge on any atom is -0.493 e. The van der Waals surface area contributed by atoms with Crippen molar-refractivity contribution >= 4 is 27.5 Å². The van der Waals surface area contributed by atoms with Gasteiger partial charge in [-0.2, -0.15) is 0 Å². The van der Waals surface area contributed by atoms with Gasteiger partial charge in [0.25, 0.3) is 10.0 Å². The van der Waals surface area contributed by atoms with E-state index in [9.17, 15) is 22.4 Å². The van der Waals surface area contributed by atoms with Crippen molar-refractivity contribution in [2.75, 3.05) is 25.1 Å². The number of hydrogen-bond donors (Lipinski definition) is 1. The van der Waals surface area contributed by atoms with Crippen molar-refractivity contribution in [3.63, 3.8) is 0 Å². The molecule has 3 aromatic rings. The molecule has 3 aromatic carbocycles. The van der Waals surface area contributed by atoms with Crippen LogP contribution in [0.2, 0.25) is 0 Å². The fourth-order valence-electron chi connectivity index (χ4n) is 5.42. The topological polar surface area (TPSA) is 105 Å². The lowest BCUT2D eigenvalue weighted by Crippen LogP contribution is -2.53. The van der Waals surface area contributed by atoms with E-state index in [0.717, 1.165) is 35.6 Å². The van der Waals surface area contributed by atoms with E-state index in [1.807, 2.05) is 6.92 Å². The fraction of sp³-hybridized carbons (Fsp3) is 0.394. The van der Waals surface area contributed by atoms with Crippen molar-refractivity contribution in [3.8, 4) is 11.5 Å². The number of carbonyl (C=O) groups excluding carboxylic acids is 2. The number of rotatable bonds is 13. The second-order valence-corrected chi connectivity index (χ2v) is 12.8. The Bertz CT molecular complexity index is 1540. The third-order valence-electron chi connectivity index (χ3n) is 7.90. The predicted molar refractivity (Wildman–Crippen MR) is 167 cm³/mol. The Kier molecular flexibility index (Phi) is 10.9. The number of amides is 2. The third kappa shape index (κ3) is 7.68. The first kappa shape index (κ1) is 32.8. The van der Waals surface area contributed by atoms with Crippen LogP contribution in [0.4, 0.5) is 10.1 Å². The molecule has 2 amide bonds. The number of benzene rings is 3. The van der Waals surface area contributed by atoms with Crippen LogP contribution in [0, 0.1) is 12.7 Å². The van der Waals surface area contributed by atoms with Crippen LogP contribution in [0.1, 0.15) is 50.2 Å². The molecule has 1 aliphatic rings. The van der Waals surface area contributed by atoms with Gasteiger partial charge in [-0.15, -0.1) is 0 Å². The molecule has 9 nitrogen and oxygen atoms in total. The number of carbonyl (C=O) groups is 2. The first-order valence-electron chi connectivity index (χ1n) is 14.7. The van der Waals surface area contributed by atoms with E-state index in [2.05, 4.69) is 5.32 Å². The van der Waals surface area contributed by atoms with E-state index in [1.165, 1.54) is 55.5 Å². The molecular formula is C33H40FN3O6S. The van der Waals surface area contributed by atoms with Crippen LogP contribution in [0.25, 0.3) is 0 Å². The second-order valence-electron chi connectivity index (χ2n) is 10.9. The van der Waals surface area contributed by atoms with Gasteiger partial charge in [0.1, 0.15) is 18.4 Å². The third-order valence-corrected chi connectivity index (χ3v) is 9.68. The number of aryl methyl sites for hydroxylation is 1. The van der Waals surface area contributed by atoms with Crippen molar-refractivity contribution in [1.29, 1.82) is 0 Å². The lowest BCUT2D eigenvalue weighted by atomic mass is 10.1. The summed E-state index contributed by atoms with van der Waals surface area (Å²) in [6.45, 7) is 3.04. The van der Waals surface area contributed by atoms with Crippen molar-refractivity contribution in [2.24, 2.45) is 0 Å². The second kappa shape index (κ2) is 14.6. The Morgan fingerprint density at radius 2 is 1.59 bits per heavy atom. The summed E-state index contributed by atoms with van der Waals surface area (Å²) in [5.41, 5.74) is 1.66. The SMILES string of the molecule is CCC(C(=O)NC1CCCC1)N(Cc1ccc(F)cc1)C(=O)CN(c1ccc(OC)c(OC)c1)S(=O)(=O)c1ccc(C)cc1. The number of methoxy groups -OCH3 is 2. The Morgan fingerprint density at radius 3 is 2.18 bits per heavy atom. The molecule has 1 saturated carbocycles. The number of halogens is 1. The maximum atomic E-state index is 14.3. The normalized spacial score (nSPS) is 14.1. The van der Waals surface area contributed by atoms with Crippen LogP contribution in [0.3, 0.4) is 0 Å².